The lowest BCUT2D eigenvalue weighted by atomic mass is 9.82. The van der Waals surface area contributed by atoms with Crippen molar-refractivity contribution in [2.24, 2.45) is 5.92 Å². The second kappa shape index (κ2) is 13.5. The minimum Gasteiger partial charge on any atom is -0.394 e. The van der Waals surface area contributed by atoms with Gasteiger partial charge in [-0.2, -0.15) is 0 Å². The number of anilines is 3. The SMILES string of the molecule is C[C@@H]1[C@@H]([Si](C)(C)F)[C@H](CC(=O)N2Cc3ccccc3C[C@H]2CO)O[C@@]12C(=O)N(Cc1cccc(N3CCCC3=O)c1)c1ccc(N3CCCC3=O)cc12. The van der Waals surface area contributed by atoms with Crippen LogP contribution in [-0.2, 0) is 49.0 Å². The predicted octanol–water partition coefficient (Wildman–Crippen LogP) is 5.60. The van der Waals surface area contributed by atoms with Crippen LogP contribution in [0.3, 0.4) is 0 Å². The zero-order valence-corrected chi connectivity index (χ0v) is 31.6. The molecule has 1 spiro atoms. The van der Waals surface area contributed by atoms with Gasteiger partial charge in [0, 0.05) is 60.9 Å². The first-order valence-corrected chi connectivity index (χ1v) is 21.9. The predicted molar refractivity (Wildman–Crippen MR) is 201 cm³/mol. The molecule has 0 saturated carbocycles. The van der Waals surface area contributed by atoms with Crippen LogP contribution >= 0.6 is 0 Å². The number of hydrogen-bond donors (Lipinski definition) is 1. The summed E-state index contributed by atoms with van der Waals surface area (Å²) in [5.74, 6) is -1.12. The summed E-state index contributed by atoms with van der Waals surface area (Å²) < 4.78 is 23.7. The first-order chi connectivity index (χ1) is 25.4. The molecule has 5 aliphatic heterocycles. The number of benzene rings is 3. The van der Waals surface area contributed by atoms with Crippen molar-refractivity contribution >= 4 is 49.1 Å². The molecule has 278 valence electrons. The van der Waals surface area contributed by atoms with Crippen LogP contribution in [0, 0.1) is 5.92 Å². The summed E-state index contributed by atoms with van der Waals surface area (Å²) in [6, 6.07) is 20.7. The van der Waals surface area contributed by atoms with E-state index in [-0.39, 0.29) is 43.2 Å². The Labute approximate surface area is 310 Å². The lowest BCUT2D eigenvalue weighted by Gasteiger charge is -2.37. The standard InChI is InChI=1S/C41H47FN4O6Si/c1-26-39(53(2,3)42)35(22-38(50)45-24-29-11-5-4-10-28(29)20-32(45)25-47)52-41(26)33-21-31(44-18-8-14-37(44)49)15-16-34(33)46(40(41)51)23-27-9-6-12-30(19-27)43-17-7-13-36(43)48/h4-6,9-12,15-16,19,21,26,32,35,39,47H,7-8,13-14,17-18,20,22-25H2,1-3H3/t26-,32+,35+,39-,41+/m1/s1. The topological polar surface area (TPSA) is 111 Å². The molecule has 5 heterocycles. The van der Waals surface area contributed by atoms with Crippen molar-refractivity contribution in [2.45, 2.75) is 94.9 Å². The Morgan fingerprint density at radius 1 is 0.925 bits per heavy atom. The average molecular weight is 739 g/mol. The molecule has 0 aromatic heterocycles. The van der Waals surface area contributed by atoms with E-state index in [4.69, 9.17) is 4.74 Å². The largest absolute Gasteiger partial charge is 0.394 e. The number of rotatable bonds is 8. The van der Waals surface area contributed by atoms with Crippen molar-refractivity contribution in [3.05, 3.63) is 89.0 Å². The maximum atomic E-state index is 16.7. The third-order valence-electron chi connectivity index (χ3n) is 12.2. The number of amides is 4. The van der Waals surface area contributed by atoms with Crippen LogP contribution in [0.15, 0.2) is 66.7 Å². The lowest BCUT2D eigenvalue weighted by Crippen LogP contribution is -2.48. The molecule has 3 aromatic rings. The summed E-state index contributed by atoms with van der Waals surface area (Å²) in [5.41, 5.74) is 3.29. The zero-order valence-electron chi connectivity index (χ0n) is 30.6. The fraction of sp³-hybridized carbons (Fsp3) is 0.463. The maximum absolute atomic E-state index is 16.7. The minimum atomic E-state index is -3.59. The average Bonchev–Trinajstić information content (AvgIpc) is 3.89. The fourth-order valence-corrected chi connectivity index (χ4v) is 12.2. The number of aliphatic hydroxyl groups is 1. The Balaban J connectivity index is 1.17. The monoisotopic (exact) mass is 738 g/mol. The number of carbonyl (C=O) groups is 4. The van der Waals surface area contributed by atoms with E-state index in [0.717, 1.165) is 35.2 Å². The van der Waals surface area contributed by atoms with Gasteiger partial charge in [-0.05, 0) is 79.4 Å². The van der Waals surface area contributed by atoms with Crippen LogP contribution in [0.4, 0.5) is 21.2 Å². The van der Waals surface area contributed by atoms with Crippen LogP contribution in [-0.4, -0.2) is 73.9 Å². The minimum absolute atomic E-state index is 0.00837. The number of hydrogen-bond acceptors (Lipinski definition) is 6. The number of fused-ring (bicyclic) bond motifs is 3. The van der Waals surface area contributed by atoms with Crippen molar-refractivity contribution in [3.63, 3.8) is 0 Å². The lowest BCUT2D eigenvalue weighted by molar-refractivity contribution is -0.151. The molecule has 5 atom stereocenters. The van der Waals surface area contributed by atoms with Crippen LogP contribution in [0.25, 0.3) is 0 Å². The number of ether oxygens (including phenoxy) is 1. The molecule has 0 radical (unpaired) electrons. The summed E-state index contributed by atoms with van der Waals surface area (Å²) in [7, 11) is -3.59. The van der Waals surface area contributed by atoms with Gasteiger partial charge in [0.25, 0.3) is 5.91 Å². The molecule has 3 fully saturated rings. The Kier molecular flexibility index (Phi) is 9.06. The van der Waals surface area contributed by atoms with E-state index in [2.05, 4.69) is 0 Å². The van der Waals surface area contributed by atoms with E-state index in [0.29, 0.717) is 55.8 Å². The van der Waals surface area contributed by atoms with Gasteiger partial charge in [-0.25, -0.2) is 0 Å². The number of halogens is 1. The first-order valence-electron chi connectivity index (χ1n) is 18.9. The summed E-state index contributed by atoms with van der Waals surface area (Å²) in [4.78, 5) is 61.7. The normalized spacial score (nSPS) is 27.0. The third kappa shape index (κ3) is 5.99. The highest BCUT2D eigenvalue weighted by Gasteiger charge is 2.67. The Hall–Kier alpha value is -4.39. The molecule has 3 saturated heterocycles. The summed E-state index contributed by atoms with van der Waals surface area (Å²) in [6.45, 7) is 6.63. The molecule has 10 nitrogen and oxygen atoms in total. The molecule has 12 heteroatoms. The van der Waals surface area contributed by atoms with Gasteiger partial charge in [0.15, 0.2) is 5.60 Å². The van der Waals surface area contributed by atoms with Crippen molar-refractivity contribution in [2.75, 3.05) is 34.4 Å². The van der Waals surface area contributed by atoms with Crippen LogP contribution in [0.2, 0.25) is 18.6 Å². The maximum Gasteiger partial charge on any atom is 0.264 e. The van der Waals surface area contributed by atoms with Gasteiger partial charge in [0.2, 0.25) is 26.1 Å². The number of aliphatic hydroxyl groups excluding tert-OH is 1. The van der Waals surface area contributed by atoms with E-state index >= 15 is 8.90 Å². The van der Waals surface area contributed by atoms with Gasteiger partial charge < -0.3 is 33.6 Å². The fourth-order valence-electron chi connectivity index (χ4n) is 9.74. The van der Waals surface area contributed by atoms with Gasteiger partial charge in [0.05, 0.1) is 37.4 Å². The molecule has 0 aliphatic carbocycles. The van der Waals surface area contributed by atoms with Crippen LogP contribution in [0.1, 0.15) is 61.3 Å². The molecule has 4 amide bonds. The van der Waals surface area contributed by atoms with Gasteiger partial charge >= 0.3 is 0 Å². The van der Waals surface area contributed by atoms with Crippen molar-refractivity contribution < 1.29 is 33.1 Å². The smallest absolute Gasteiger partial charge is 0.264 e. The molecule has 8 rings (SSSR count). The molecule has 0 bridgehead atoms. The van der Waals surface area contributed by atoms with Gasteiger partial charge in [-0.3, -0.25) is 19.2 Å². The molecule has 5 aliphatic rings. The highest BCUT2D eigenvalue weighted by molar-refractivity contribution is 6.72. The van der Waals surface area contributed by atoms with Gasteiger partial charge in [0.1, 0.15) is 0 Å². The third-order valence-corrected chi connectivity index (χ3v) is 14.7. The Morgan fingerprint density at radius 2 is 1.60 bits per heavy atom. The van der Waals surface area contributed by atoms with E-state index in [1.165, 1.54) is 0 Å². The van der Waals surface area contributed by atoms with Gasteiger partial charge in [-0.15, -0.1) is 0 Å². The molecule has 1 N–H and O–H groups in total. The van der Waals surface area contributed by atoms with Crippen molar-refractivity contribution in [1.82, 2.24) is 4.90 Å². The molecule has 53 heavy (non-hydrogen) atoms. The Bertz CT molecular complexity index is 1990. The summed E-state index contributed by atoms with van der Waals surface area (Å²) in [5, 5.41) is 10.3. The first kappa shape index (κ1) is 35.6. The molecular weight excluding hydrogens is 692 g/mol. The highest BCUT2D eigenvalue weighted by atomic mass is 28.4. The van der Waals surface area contributed by atoms with E-state index < -0.39 is 37.6 Å². The van der Waals surface area contributed by atoms with E-state index in [9.17, 15) is 19.5 Å². The quantitative estimate of drug-likeness (QED) is 0.238. The second-order valence-electron chi connectivity index (χ2n) is 15.9. The molecule has 3 aromatic carbocycles. The molecule has 0 unspecified atom stereocenters. The van der Waals surface area contributed by atoms with Crippen molar-refractivity contribution in [1.29, 1.82) is 0 Å². The van der Waals surface area contributed by atoms with Crippen molar-refractivity contribution in [3.8, 4) is 0 Å². The highest BCUT2D eigenvalue weighted by Crippen LogP contribution is 2.61. The van der Waals surface area contributed by atoms with Gasteiger partial charge in [-0.1, -0.05) is 43.3 Å². The van der Waals surface area contributed by atoms with E-state index in [1.54, 1.807) is 32.7 Å². The summed E-state index contributed by atoms with van der Waals surface area (Å²) in [6.07, 6.45) is 1.98. The van der Waals surface area contributed by atoms with E-state index in [1.807, 2.05) is 73.7 Å². The Morgan fingerprint density at radius 3 is 2.25 bits per heavy atom. The number of carbonyl (C=O) groups excluding carboxylic acids is 4. The van der Waals surface area contributed by atoms with Crippen LogP contribution in [0.5, 0.6) is 0 Å². The summed E-state index contributed by atoms with van der Waals surface area (Å²) >= 11 is 0. The number of nitrogens with zero attached hydrogens (tertiary/aromatic N) is 4. The molecular formula is C41H47FN4O6Si. The second-order valence-corrected chi connectivity index (χ2v) is 19.7. The van der Waals surface area contributed by atoms with Crippen LogP contribution < -0.4 is 14.7 Å². The zero-order chi connectivity index (χ0) is 37.2.